The summed E-state index contributed by atoms with van der Waals surface area (Å²) < 4.78 is 0. The Balaban J connectivity index is 1.34. The van der Waals surface area contributed by atoms with Crippen LogP contribution in [-0.2, 0) is 9.59 Å². The molecule has 7 nitrogen and oxygen atoms in total. The van der Waals surface area contributed by atoms with Gasteiger partial charge in [-0.05, 0) is 73.6 Å². The van der Waals surface area contributed by atoms with E-state index in [2.05, 4.69) is 34.7 Å². The molecule has 0 radical (unpaired) electrons. The van der Waals surface area contributed by atoms with E-state index in [9.17, 15) is 14.4 Å². The van der Waals surface area contributed by atoms with E-state index in [-0.39, 0.29) is 17.7 Å². The van der Waals surface area contributed by atoms with Crippen LogP contribution in [0.1, 0.15) is 41.8 Å². The van der Waals surface area contributed by atoms with E-state index < -0.39 is 0 Å². The lowest BCUT2D eigenvalue weighted by atomic mass is 10.0. The Bertz CT molecular complexity index is 1490. The first-order valence-electron chi connectivity index (χ1n) is 13.5. The number of nitrogens with zero attached hydrogens (tertiary/aromatic N) is 1. The second kappa shape index (κ2) is 12.4. The van der Waals surface area contributed by atoms with Crippen LogP contribution in [0.4, 0.5) is 0 Å². The molecule has 40 heavy (non-hydrogen) atoms. The third-order valence-electron chi connectivity index (χ3n) is 7.05. The van der Waals surface area contributed by atoms with Gasteiger partial charge in [-0.1, -0.05) is 68.1 Å². The van der Waals surface area contributed by atoms with Crippen molar-refractivity contribution in [2.24, 2.45) is 0 Å². The predicted octanol–water partition coefficient (Wildman–Crippen LogP) is 4.68. The van der Waals surface area contributed by atoms with Crippen molar-refractivity contribution in [2.45, 2.75) is 30.1 Å². The quantitative estimate of drug-likeness (QED) is 0.301. The van der Waals surface area contributed by atoms with E-state index in [0.29, 0.717) is 40.2 Å². The summed E-state index contributed by atoms with van der Waals surface area (Å²) in [6, 6.07) is 24.9. The summed E-state index contributed by atoms with van der Waals surface area (Å²) in [5.41, 5.74) is 3.38. The lowest BCUT2D eigenvalue weighted by Gasteiger charge is -2.17. The summed E-state index contributed by atoms with van der Waals surface area (Å²) in [5, 5.41) is 8.74. The molecule has 8 heteroatoms. The van der Waals surface area contributed by atoms with Crippen LogP contribution in [0.2, 0.25) is 0 Å². The van der Waals surface area contributed by atoms with Gasteiger partial charge in [-0.15, -0.1) is 0 Å². The van der Waals surface area contributed by atoms with Gasteiger partial charge in [0.1, 0.15) is 0 Å². The molecule has 3 aromatic carbocycles. The molecule has 0 saturated heterocycles. The highest BCUT2D eigenvalue weighted by Crippen LogP contribution is 2.38. The van der Waals surface area contributed by atoms with Gasteiger partial charge in [0.05, 0.1) is 22.5 Å². The normalized spacial score (nSPS) is 14.5. The molecule has 0 unspecified atom stereocenters. The molecule has 0 atom stereocenters. The molecule has 3 amide bonds. The maximum atomic E-state index is 13.1. The fraction of sp³-hybridized carbons (Fsp3) is 0.219. The summed E-state index contributed by atoms with van der Waals surface area (Å²) in [4.78, 5) is 43.5. The highest BCUT2D eigenvalue weighted by atomic mass is 32.2. The molecular formula is C32H32N4O3S. The summed E-state index contributed by atoms with van der Waals surface area (Å²) in [5.74, 6) is -0.864. The van der Waals surface area contributed by atoms with E-state index >= 15 is 0 Å². The highest BCUT2D eigenvalue weighted by molar-refractivity contribution is 7.99. The van der Waals surface area contributed by atoms with Crippen LogP contribution in [0.5, 0.6) is 0 Å². The van der Waals surface area contributed by atoms with E-state index in [4.69, 9.17) is 0 Å². The monoisotopic (exact) mass is 552 g/mol. The van der Waals surface area contributed by atoms with Gasteiger partial charge in [-0.25, -0.2) is 0 Å². The smallest absolute Gasteiger partial charge is 0.258 e. The van der Waals surface area contributed by atoms with Crippen LogP contribution in [-0.4, -0.2) is 48.8 Å². The van der Waals surface area contributed by atoms with Crippen molar-refractivity contribution < 1.29 is 14.4 Å². The van der Waals surface area contributed by atoms with E-state index in [1.54, 1.807) is 36.0 Å². The summed E-state index contributed by atoms with van der Waals surface area (Å²) >= 11 is 1.64. The Kier molecular flexibility index (Phi) is 8.48. The molecule has 0 bridgehead atoms. The third-order valence-corrected chi connectivity index (χ3v) is 8.06. The second-order valence-electron chi connectivity index (χ2n) is 9.56. The Morgan fingerprint density at radius 1 is 0.775 bits per heavy atom. The van der Waals surface area contributed by atoms with Crippen LogP contribution < -0.4 is 16.0 Å². The first kappa shape index (κ1) is 27.4. The number of fused-ring (bicyclic) bond motifs is 1. The number of benzene rings is 3. The van der Waals surface area contributed by atoms with Gasteiger partial charge < -0.3 is 20.9 Å². The lowest BCUT2D eigenvalue weighted by Crippen LogP contribution is -2.30. The van der Waals surface area contributed by atoms with Crippen LogP contribution >= 0.6 is 11.8 Å². The van der Waals surface area contributed by atoms with Gasteiger partial charge in [-0.2, -0.15) is 0 Å². The standard InChI is InChI=1S/C32H32N4O3S/c1-3-36(4-2)19-9-18-33-30(37)23-11-8-10-22(20-23)29-27-26(31(38)35-29)28(34-32(27)39)21-14-16-25(17-15-21)40-24-12-6-5-7-13-24/h5-8,10-17,20H,3-4,9,18-19H2,1-2H3,(H,33,37)(H,34,39)(H,35,38). The summed E-state index contributed by atoms with van der Waals surface area (Å²) in [6.07, 6.45) is 0.863. The van der Waals surface area contributed by atoms with E-state index in [0.717, 1.165) is 41.4 Å². The van der Waals surface area contributed by atoms with Gasteiger partial charge in [0.25, 0.3) is 17.7 Å². The maximum absolute atomic E-state index is 13.1. The molecule has 0 aromatic heterocycles. The maximum Gasteiger partial charge on any atom is 0.258 e. The zero-order valence-electron chi connectivity index (χ0n) is 22.6. The molecule has 204 valence electrons. The average Bonchev–Trinajstić information content (AvgIpc) is 3.51. The third kappa shape index (κ3) is 5.88. The van der Waals surface area contributed by atoms with Crippen molar-refractivity contribution in [3.63, 3.8) is 0 Å². The van der Waals surface area contributed by atoms with Gasteiger partial charge in [-0.3, -0.25) is 14.4 Å². The number of hydrogen-bond acceptors (Lipinski definition) is 5. The minimum absolute atomic E-state index is 0.183. The SMILES string of the molecule is CCN(CC)CCCNC(=O)c1cccc(C2=C3C(=O)NC(c4ccc(Sc5ccccc5)cc4)=C3C(=O)N2)c1. The number of rotatable bonds is 11. The van der Waals surface area contributed by atoms with Crippen LogP contribution in [0.25, 0.3) is 11.4 Å². The molecular weight excluding hydrogens is 520 g/mol. The molecule has 0 saturated carbocycles. The Morgan fingerprint density at radius 3 is 2.05 bits per heavy atom. The number of hydrogen-bond donors (Lipinski definition) is 3. The van der Waals surface area contributed by atoms with E-state index in [1.165, 1.54) is 0 Å². The topological polar surface area (TPSA) is 90.5 Å². The van der Waals surface area contributed by atoms with E-state index in [1.807, 2.05) is 54.6 Å². The van der Waals surface area contributed by atoms with Crippen molar-refractivity contribution in [3.8, 4) is 0 Å². The number of carbonyl (C=O) groups is 3. The van der Waals surface area contributed by atoms with Crippen molar-refractivity contribution in [1.29, 1.82) is 0 Å². The molecule has 2 aliphatic rings. The number of nitrogens with one attached hydrogen (secondary N) is 3. The van der Waals surface area contributed by atoms with Crippen molar-refractivity contribution >= 4 is 40.9 Å². The zero-order valence-corrected chi connectivity index (χ0v) is 23.4. The summed E-state index contributed by atoms with van der Waals surface area (Å²) in [7, 11) is 0. The minimum atomic E-state index is -0.340. The first-order valence-corrected chi connectivity index (χ1v) is 14.4. The lowest BCUT2D eigenvalue weighted by molar-refractivity contribution is -0.117. The molecule has 5 rings (SSSR count). The van der Waals surface area contributed by atoms with Gasteiger partial charge in [0.2, 0.25) is 0 Å². The highest BCUT2D eigenvalue weighted by Gasteiger charge is 2.40. The van der Waals surface area contributed by atoms with Crippen molar-refractivity contribution in [3.05, 3.63) is 107 Å². The molecule has 3 aromatic rings. The largest absolute Gasteiger partial charge is 0.352 e. The predicted molar refractivity (Wildman–Crippen MR) is 158 cm³/mol. The van der Waals surface area contributed by atoms with Crippen molar-refractivity contribution in [2.75, 3.05) is 26.2 Å². The molecule has 2 heterocycles. The van der Waals surface area contributed by atoms with Gasteiger partial charge in [0, 0.05) is 21.9 Å². The zero-order chi connectivity index (χ0) is 28.1. The molecule has 0 spiro atoms. The van der Waals surface area contributed by atoms with Gasteiger partial charge in [0.15, 0.2) is 0 Å². The van der Waals surface area contributed by atoms with Crippen LogP contribution in [0.3, 0.4) is 0 Å². The first-order chi connectivity index (χ1) is 19.5. The Morgan fingerprint density at radius 2 is 1.40 bits per heavy atom. The number of carbonyl (C=O) groups excluding carboxylic acids is 3. The van der Waals surface area contributed by atoms with Crippen LogP contribution in [0, 0.1) is 0 Å². The van der Waals surface area contributed by atoms with Gasteiger partial charge >= 0.3 is 0 Å². The molecule has 0 fully saturated rings. The second-order valence-corrected chi connectivity index (χ2v) is 10.7. The molecule has 3 N–H and O–H groups in total. The fourth-order valence-corrected chi connectivity index (χ4v) is 5.73. The Hall–Kier alpha value is -4.14. The van der Waals surface area contributed by atoms with Crippen molar-refractivity contribution in [1.82, 2.24) is 20.9 Å². The average molecular weight is 553 g/mol. The summed E-state index contributed by atoms with van der Waals surface area (Å²) in [6.45, 7) is 7.73. The molecule has 0 aliphatic carbocycles. The molecule has 2 aliphatic heterocycles. The van der Waals surface area contributed by atoms with Crippen LogP contribution in [0.15, 0.2) is 99.8 Å². The number of amides is 3. The fourth-order valence-electron chi connectivity index (χ4n) is 4.89. The minimum Gasteiger partial charge on any atom is -0.352 e. The Labute approximate surface area is 238 Å².